The minimum atomic E-state index is -0.316. The van der Waals surface area contributed by atoms with E-state index in [0.717, 1.165) is 11.1 Å². The summed E-state index contributed by atoms with van der Waals surface area (Å²) in [6.07, 6.45) is 0. The third-order valence-electron chi connectivity index (χ3n) is 3.61. The molecule has 0 fully saturated rings. The summed E-state index contributed by atoms with van der Waals surface area (Å²) >= 11 is 1.45. The van der Waals surface area contributed by atoms with E-state index in [1.807, 2.05) is 31.3 Å². The van der Waals surface area contributed by atoms with Gasteiger partial charge in [0.15, 0.2) is 16.6 Å². The van der Waals surface area contributed by atoms with Crippen molar-refractivity contribution in [3.8, 4) is 11.4 Å². The molecule has 0 radical (unpaired) electrons. The van der Waals surface area contributed by atoms with Crippen LogP contribution in [0.4, 0.5) is 4.39 Å². The average Bonchev–Trinajstić information content (AvgIpc) is 3.17. The Kier molecular flexibility index (Phi) is 3.78. The van der Waals surface area contributed by atoms with Crippen LogP contribution in [-0.4, -0.2) is 19.7 Å². The number of benzene rings is 2. The van der Waals surface area contributed by atoms with Crippen molar-refractivity contribution in [3.05, 3.63) is 60.2 Å². The molecular formula is C17H13FN4OS. The molecule has 0 aliphatic rings. The Morgan fingerprint density at radius 2 is 1.88 bits per heavy atom. The lowest BCUT2D eigenvalue weighted by molar-refractivity contribution is 0.555. The van der Waals surface area contributed by atoms with Gasteiger partial charge in [-0.15, -0.1) is 10.2 Å². The van der Waals surface area contributed by atoms with E-state index in [1.54, 1.807) is 22.8 Å². The molecule has 0 aliphatic carbocycles. The van der Waals surface area contributed by atoms with Crippen molar-refractivity contribution < 1.29 is 8.81 Å². The van der Waals surface area contributed by atoms with Gasteiger partial charge in [-0.1, -0.05) is 36.0 Å². The molecule has 2 aromatic heterocycles. The van der Waals surface area contributed by atoms with E-state index in [9.17, 15) is 4.39 Å². The van der Waals surface area contributed by atoms with Crippen molar-refractivity contribution in [1.82, 2.24) is 19.7 Å². The molecule has 4 aromatic rings. The molecule has 0 saturated carbocycles. The second-order valence-corrected chi connectivity index (χ2v) is 6.15. The maximum Gasteiger partial charge on any atom is 0.205 e. The zero-order valence-corrected chi connectivity index (χ0v) is 13.6. The van der Waals surface area contributed by atoms with Gasteiger partial charge < -0.3 is 8.98 Å². The van der Waals surface area contributed by atoms with Crippen molar-refractivity contribution in [2.75, 3.05) is 0 Å². The predicted octanol–water partition coefficient (Wildman–Crippen LogP) is 4.05. The van der Waals surface area contributed by atoms with Crippen molar-refractivity contribution in [2.24, 2.45) is 7.05 Å². The van der Waals surface area contributed by atoms with E-state index in [1.165, 1.54) is 17.8 Å². The molecule has 24 heavy (non-hydrogen) atoms. The molecule has 0 aliphatic heterocycles. The highest BCUT2D eigenvalue weighted by molar-refractivity contribution is 7.98. The first-order chi connectivity index (χ1) is 11.7. The Labute approximate surface area is 141 Å². The molecule has 4 rings (SSSR count). The summed E-state index contributed by atoms with van der Waals surface area (Å²) in [7, 11) is 1.82. The fraction of sp³-hybridized carbons (Fsp3) is 0.118. The lowest BCUT2D eigenvalue weighted by Crippen LogP contribution is -1.96. The molecule has 0 N–H and O–H groups in total. The van der Waals surface area contributed by atoms with Crippen LogP contribution in [0.5, 0.6) is 0 Å². The van der Waals surface area contributed by atoms with Gasteiger partial charge in [-0.3, -0.25) is 0 Å². The number of rotatable bonds is 4. The number of hydrogen-bond donors (Lipinski definition) is 0. The van der Waals surface area contributed by atoms with Gasteiger partial charge in [0, 0.05) is 7.05 Å². The second-order valence-electron chi connectivity index (χ2n) is 5.21. The van der Waals surface area contributed by atoms with Crippen molar-refractivity contribution >= 4 is 22.9 Å². The molecule has 7 heteroatoms. The van der Waals surface area contributed by atoms with E-state index in [4.69, 9.17) is 4.42 Å². The largest absolute Gasteiger partial charge is 0.440 e. The number of fused-ring (bicyclic) bond motifs is 1. The van der Waals surface area contributed by atoms with Crippen molar-refractivity contribution in [1.29, 1.82) is 0 Å². The summed E-state index contributed by atoms with van der Waals surface area (Å²) in [6.45, 7) is 0. The third kappa shape index (κ3) is 2.67. The number of nitrogens with zero attached hydrogens (tertiary/aromatic N) is 4. The average molecular weight is 340 g/mol. The van der Waals surface area contributed by atoms with Gasteiger partial charge in [0.25, 0.3) is 0 Å². The highest BCUT2D eigenvalue weighted by Gasteiger charge is 2.15. The number of aromatic nitrogens is 4. The van der Waals surface area contributed by atoms with Gasteiger partial charge in [0.2, 0.25) is 5.89 Å². The van der Waals surface area contributed by atoms with Gasteiger partial charge >= 0.3 is 0 Å². The fourth-order valence-electron chi connectivity index (χ4n) is 2.43. The first-order valence-corrected chi connectivity index (χ1v) is 8.32. The summed E-state index contributed by atoms with van der Waals surface area (Å²) in [5.41, 5.74) is 2.03. The summed E-state index contributed by atoms with van der Waals surface area (Å²) in [5, 5.41) is 8.92. The molecular weight excluding hydrogens is 327 g/mol. The summed E-state index contributed by atoms with van der Waals surface area (Å²) in [4.78, 5) is 4.43. The smallest absolute Gasteiger partial charge is 0.205 e. The number of para-hydroxylation sites is 2. The van der Waals surface area contributed by atoms with Crippen LogP contribution in [0.15, 0.2) is 58.1 Å². The normalized spacial score (nSPS) is 11.2. The van der Waals surface area contributed by atoms with E-state index >= 15 is 0 Å². The van der Waals surface area contributed by atoms with Gasteiger partial charge in [-0.05, 0) is 24.3 Å². The quantitative estimate of drug-likeness (QED) is 0.525. The number of halogens is 1. The van der Waals surface area contributed by atoms with Crippen LogP contribution in [0.2, 0.25) is 0 Å². The minimum Gasteiger partial charge on any atom is -0.440 e. The van der Waals surface area contributed by atoms with E-state index in [2.05, 4.69) is 15.2 Å². The molecule has 0 bridgehead atoms. The third-order valence-corrected chi connectivity index (χ3v) is 4.62. The molecule has 120 valence electrons. The SMILES string of the molecule is Cn1c(SCc2nc3ccccc3o2)nnc1-c1ccccc1F. The molecule has 0 unspecified atom stereocenters. The number of thioether (sulfide) groups is 1. The molecule has 0 saturated heterocycles. The summed E-state index contributed by atoms with van der Waals surface area (Å²) < 4.78 is 21.4. The van der Waals surface area contributed by atoms with E-state index in [0.29, 0.717) is 28.2 Å². The number of oxazole rings is 1. The van der Waals surface area contributed by atoms with Gasteiger partial charge in [-0.25, -0.2) is 9.37 Å². The van der Waals surface area contributed by atoms with Crippen LogP contribution in [0, 0.1) is 5.82 Å². The zero-order valence-electron chi connectivity index (χ0n) is 12.8. The second kappa shape index (κ2) is 6.09. The summed E-state index contributed by atoms with van der Waals surface area (Å²) in [5.74, 6) is 1.33. The van der Waals surface area contributed by atoms with E-state index < -0.39 is 0 Å². The van der Waals surface area contributed by atoms with Crippen LogP contribution in [0.3, 0.4) is 0 Å². The van der Waals surface area contributed by atoms with Crippen LogP contribution >= 0.6 is 11.8 Å². The Hall–Kier alpha value is -2.67. The number of hydrogen-bond acceptors (Lipinski definition) is 5. The fourth-order valence-corrected chi connectivity index (χ4v) is 3.18. The van der Waals surface area contributed by atoms with Crippen LogP contribution < -0.4 is 0 Å². The van der Waals surface area contributed by atoms with Gasteiger partial charge in [0.1, 0.15) is 11.3 Å². The first kappa shape index (κ1) is 14.9. The zero-order chi connectivity index (χ0) is 16.5. The van der Waals surface area contributed by atoms with Gasteiger partial charge in [-0.2, -0.15) is 0 Å². The Bertz CT molecular complexity index is 978. The topological polar surface area (TPSA) is 56.7 Å². The monoisotopic (exact) mass is 340 g/mol. The van der Waals surface area contributed by atoms with Crippen molar-refractivity contribution in [3.63, 3.8) is 0 Å². The van der Waals surface area contributed by atoms with E-state index in [-0.39, 0.29) is 5.82 Å². The minimum absolute atomic E-state index is 0.316. The lowest BCUT2D eigenvalue weighted by atomic mass is 10.2. The molecule has 2 heterocycles. The van der Waals surface area contributed by atoms with Crippen LogP contribution in [0.25, 0.3) is 22.5 Å². The highest BCUT2D eigenvalue weighted by atomic mass is 32.2. The molecule has 5 nitrogen and oxygen atoms in total. The standard InChI is InChI=1S/C17H13FN4OS/c1-22-16(11-6-2-3-7-12(11)18)20-21-17(22)24-10-15-19-13-8-4-5-9-14(13)23-15/h2-9H,10H2,1H3. The molecule has 0 atom stereocenters. The Morgan fingerprint density at radius 1 is 1.08 bits per heavy atom. The van der Waals surface area contributed by atoms with Gasteiger partial charge in [0.05, 0.1) is 11.3 Å². The molecule has 0 spiro atoms. The molecule has 2 aromatic carbocycles. The summed E-state index contributed by atoms with van der Waals surface area (Å²) in [6, 6.07) is 14.2. The first-order valence-electron chi connectivity index (χ1n) is 7.34. The lowest BCUT2D eigenvalue weighted by Gasteiger charge is -2.03. The Balaban J connectivity index is 1.56. The Morgan fingerprint density at radius 3 is 2.71 bits per heavy atom. The predicted molar refractivity (Wildman–Crippen MR) is 90.0 cm³/mol. The van der Waals surface area contributed by atoms with Crippen LogP contribution in [-0.2, 0) is 12.8 Å². The highest BCUT2D eigenvalue weighted by Crippen LogP contribution is 2.27. The van der Waals surface area contributed by atoms with Crippen LogP contribution in [0.1, 0.15) is 5.89 Å². The maximum absolute atomic E-state index is 13.9. The van der Waals surface area contributed by atoms with Crippen molar-refractivity contribution in [2.45, 2.75) is 10.9 Å². The molecule has 0 amide bonds. The maximum atomic E-state index is 13.9.